The van der Waals surface area contributed by atoms with Gasteiger partial charge in [-0.25, -0.2) is 17.5 Å². The molecule has 2 fully saturated rings. The number of rotatable bonds is 8. The quantitative estimate of drug-likeness (QED) is 0.730. The molecule has 3 rings (SSSR count). The topological polar surface area (TPSA) is 90.7 Å². The molecule has 24 heavy (non-hydrogen) atoms. The van der Waals surface area contributed by atoms with E-state index < -0.39 is 15.8 Å². The molecule has 0 radical (unpaired) electrons. The van der Waals surface area contributed by atoms with Crippen LogP contribution in [0, 0.1) is 17.7 Å². The Hall–Kier alpha value is -1.22. The van der Waals surface area contributed by atoms with Gasteiger partial charge in [-0.3, -0.25) is 0 Å². The van der Waals surface area contributed by atoms with Crippen molar-refractivity contribution in [2.75, 3.05) is 26.4 Å². The highest BCUT2D eigenvalue weighted by atomic mass is 32.2. The van der Waals surface area contributed by atoms with Crippen molar-refractivity contribution in [1.82, 2.24) is 4.72 Å². The van der Waals surface area contributed by atoms with E-state index in [1.807, 2.05) is 0 Å². The summed E-state index contributed by atoms with van der Waals surface area (Å²) in [6, 6.07) is 3.40. The third kappa shape index (κ3) is 4.24. The summed E-state index contributed by atoms with van der Waals surface area (Å²) in [4.78, 5) is -0.115. The molecule has 1 aromatic carbocycles. The molecule has 6 nitrogen and oxygen atoms in total. The molecule has 1 saturated heterocycles. The van der Waals surface area contributed by atoms with Crippen LogP contribution in [0.15, 0.2) is 23.1 Å². The van der Waals surface area contributed by atoms with Gasteiger partial charge in [0, 0.05) is 25.1 Å². The van der Waals surface area contributed by atoms with Gasteiger partial charge in [-0.2, -0.15) is 0 Å². The Morgan fingerprint density at radius 1 is 1.38 bits per heavy atom. The Bertz CT molecular complexity index is 673. The van der Waals surface area contributed by atoms with E-state index in [4.69, 9.17) is 15.2 Å². The smallest absolute Gasteiger partial charge is 0.240 e. The van der Waals surface area contributed by atoms with Crippen LogP contribution in [0.5, 0.6) is 5.75 Å². The molecule has 0 bridgehead atoms. The monoisotopic (exact) mass is 358 g/mol. The van der Waals surface area contributed by atoms with Crippen LogP contribution in [-0.2, 0) is 14.8 Å². The molecule has 3 N–H and O–H groups in total. The Kier molecular flexibility index (Phi) is 5.39. The lowest BCUT2D eigenvalue weighted by Gasteiger charge is -2.17. The van der Waals surface area contributed by atoms with Crippen LogP contribution < -0.4 is 15.2 Å². The Morgan fingerprint density at radius 2 is 2.17 bits per heavy atom. The Balaban J connectivity index is 1.66. The molecule has 8 heteroatoms. The summed E-state index contributed by atoms with van der Waals surface area (Å²) in [5, 5.41) is 0. The summed E-state index contributed by atoms with van der Waals surface area (Å²) in [5.74, 6) is -0.102. The number of halogens is 1. The van der Waals surface area contributed by atoms with Gasteiger partial charge >= 0.3 is 0 Å². The maximum atomic E-state index is 14.2. The first-order valence-electron chi connectivity index (χ1n) is 8.22. The highest BCUT2D eigenvalue weighted by Crippen LogP contribution is 2.33. The lowest BCUT2D eigenvalue weighted by molar-refractivity contribution is 0.165. The van der Waals surface area contributed by atoms with E-state index in [0.29, 0.717) is 19.8 Å². The third-order valence-electron chi connectivity index (χ3n) is 4.46. The fourth-order valence-electron chi connectivity index (χ4n) is 2.79. The Morgan fingerprint density at radius 3 is 2.75 bits per heavy atom. The largest absolute Gasteiger partial charge is 0.490 e. The normalized spacial score (nSPS) is 22.5. The van der Waals surface area contributed by atoms with Gasteiger partial charge in [0.25, 0.3) is 0 Å². The second-order valence-corrected chi connectivity index (χ2v) is 8.15. The zero-order valence-electron chi connectivity index (χ0n) is 13.4. The highest BCUT2D eigenvalue weighted by Gasteiger charge is 2.33. The maximum absolute atomic E-state index is 14.2. The van der Waals surface area contributed by atoms with Gasteiger partial charge in [0.1, 0.15) is 0 Å². The fraction of sp³-hybridized carbons (Fsp3) is 0.625. The molecule has 0 spiro atoms. The van der Waals surface area contributed by atoms with E-state index in [1.54, 1.807) is 0 Å². The van der Waals surface area contributed by atoms with Gasteiger partial charge in [-0.1, -0.05) is 0 Å². The zero-order valence-corrected chi connectivity index (χ0v) is 14.2. The molecule has 0 amide bonds. The number of nitrogens with one attached hydrogen (secondary N) is 1. The summed E-state index contributed by atoms with van der Waals surface area (Å²) in [6.45, 7) is 1.90. The summed E-state index contributed by atoms with van der Waals surface area (Å²) in [6.07, 6.45) is 2.83. The molecule has 2 aliphatic rings. The van der Waals surface area contributed by atoms with Gasteiger partial charge < -0.3 is 15.2 Å². The van der Waals surface area contributed by atoms with E-state index >= 15 is 0 Å². The highest BCUT2D eigenvalue weighted by molar-refractivity contribution is 7.89. The second kappa shape index (κ2) is 7.35. The van der Waals surface area contributed by atoms with Crippen LogP contribution >= 0.6 is 0 Å². The summed E-state index contributed by atoms with van der Waals surface area (Å²) in [5.41, 5.74) is 5.62. The van der Waals surface area contributed by atoms with E-state index in [2.05, 4.69) is 4.72 Å². The van der Waals surface area contributed by atoms with Crippen LogP contribution in [0.4, 0.5) is 4.39 Å². The minimum Gasteiger partial charge on any atom is -0.490 e. The SMILES string of the molecule is NCC(NS(=O)(=O)c1ccc(OCC2CCOC2)c(F)c1)C1CC1. The first kappa shape index (κ1) is 17.6. The summed E-state index contributed by atoms with van der Waals surface area (Å²) >= 11 is 0. The van der Waals surface area contributed by atoms with Crippen LogP contribution in [0.25, 0.3) is 0 Å². The lowest BCUT2D eigenvalue weighted by atomic mass is 10.1. The van der Waals surface area contributed by atoms with E-state index in [-0.39, 0.29) is 35.1 Å². The molecule has 1 aromatic rings. The number of ether oxygens (including phenoxy) is 2. The third-order valence-corrected chi connectivity index (χ3v) is 5.95. The van der Waals surface area contributed by atoms with Crippen LogP contribution in [0.3, 0.4) is 0 Å². The molecule has 134 valence electrons. The Labute approximate surface area is 141 Å². The molecular formula is C16H23FN2O4S. The number of benzene rings is 1. The molecule has 2 unspecified atom stereocenters. The van der Waals surface area contributed by atoms with Crippen molar-refractivity contribution in [2.24, 2.45) is 17.6 Å². The van der Waals surface area contributed by atoms with Gasteiger partial charge in [-0.05, 0) is 43.4 Å². The minimum atomic E-state index is -3.79. The van der Waals surface area contributed by atoms with Gasteiger partial charge in [0.2, 0.25) is 10.0 Å². The summed E-state index contributed by atoms with van der Waals surface area (Å²) < 4.78 is 52.2. The van der Waals surface area contributed by atoms with Gasteiger partial charge in [-0.15, -0.1) is 0 Å². The van der Waals surface area contributed by atoms with Crippen molar-refractivity contribution in [3.8, 4) is 5.75 Å². The van der Waals surface area contributed by atoms with Crippen molar-refractivity contribution in [3.63, 3.8) is 0 Å². The van der Waals surface area contributed by atoms with Crippen molar-refractivity contribution >= 4 is 10.0 Å². The molecule has 1 aliphatic carbocycles. The molecule has 1 aliphatic heterocycles. The molecule has 0 aromatic heterocycles. The van der Waals surface area contributed by atoms with Gasteiger partial charge in [0.05, 0.1) is 18.1 Å². The molecule has 2 atom stereocenters. The first-order chi connectivity index (χ1) is 11.5. The number of nitrogens with two attached hydrogens (primary N) is 1. The molecule has 1 heterocycles. The number of sulfonamides is 1. The zero-order chi connectivity index (χ0) is 17.2. The first-order valence-corrected chi connectivity index (χ1v) is 9.70. The number of hydrogen-bond acceptors (Lipinski definition) is 5. The van der Waals surface area contributed by atoms with Crippen molar-refractivity contribution in [3.05, 3.63) is 24.0 Å². The van der Waals surface area contributed by atoms with Crippen molar-refractivity contribution in [2.45, 2.75) is 30.2 Å². The van der Waals surface area contributed by atoms with E-state index in [0.717, 1.165) is 25.3 Å². The van der Waals surface area contributed by atoms with Gasteiger partial charge in [0.15, 0.2) is 11.6 Å². The molecular weight excluding hydrogens is 335 g/mol. The van der Waals surface area contributed by atoms with Crippen molar-refractivity contribution in [1.29, 1.82) is 0 Å². The predicted octanol–water partition coefficient (Wildman–Crippen LogP) is 1.26. The lowest BCUT2D eigenvalue weighted by Crippen LogP contribution is -2.41. The fourth-order valence-corrected chi connectivity index (χ4v) is 4.12. The molecule has 1 saturated carbocycles. The number of hydrogen-bond donors (Lipinski definition) is 2. The minimum absolute atomic E-state index is 0.0541. The van der Waals surface area contributed by atoms with E-state index in [1.165, 1.54) is 12.1 Å². The standard InChI is InChI=1S/C16H23FN2O4S/c17-14-7-13(24(20,21)19-15(8-18)12-1-2-12)3-4-16(14)23-10-11-5-6-22-9-11/h3-4,7,11-12,15,19H,1-2,5-6,8-10,18H2. The van der Waals surface area contributed by atoms with Crippen LogP contribution in [-0.4, -0.2) is 40.8 Å². The predicted molar refractivity (Wildman–Crippen MR) is 86.7 cm³/mol. The second-order valence-electron chi connectivity index (χ2n) is 6.43. The average molecular weight is 358 g/mol. The summed E-state index contributed by atoms with van der Waals surface area (Å²) in [7, 11) is -3.79. The van der Waals surface area contributed by atoms with Crippen LogP contribution in [0.1, 0.15) is 19.3 Å². The maximum Gasteiger partial charge on any atom is 0.240 e. The average Bonchev–Trinajstić information content (AvgIpc) is 3.27. The van der Waals surface area contributed by atoms with Crippen molar-refractivity contribution < 1.29 is 22.3 Å². The van der Waals surface area contributed by atoms with E-state index in [9.17, 15) is 12.8 Å². The van der Waals surface area contributed by atoms with Crippen LogP contribution in [0.2, 0.25) is 0 Å².